The number of fused-ring (bicyclic) bond motifs is 15. The number of aliphatic hydroxyl groups excluding tert-OH is 4. The van der Waals surface area contributed by atoms with Gasteiger partial charge in [-0.3, -0.25) is 24.0 Å². The zero-order chi connectivity index (χ0) is 39.5. The molecule has 52 heavy (non-hydrogen) atoms. The second-order valence-corrected chi connectivity index (χ2v) is 14.3. The molecule has 1 aliphatic carbocycles. The Morgan fingerprint density at radius 2 is 1.33 bits per heavy atom. The third kappa shape index (κ3) is 7.96. The van der Waals surface area contributed by atoms with Crippen LogP contribution in [0.5, 0.6) is 11.5 Å². The quantitative estimate of drug-likeness (QED) is 0.246. The molecule has 1 aromatic rings. The van der Waals surface area contributed by atoms with E-state index in [4.69, 9.17) is 9.47 Å². The number of ketones is 3. The van der Waals surface area contributed by atoms with Gasteiger partial charge < -0.3 is 40.3 Å². The van der Waals surface area contributed by atoms with Crippen molar-refractivity contribution in [3.63, 3.8) is 0 Å². The fraction of sp³-hybridized carbons (Fsp3) is 0.500. The predicted octanol–water partition coefficient (Wildman–Crippen LogP) is 3.20. The fourth-order valence-electron chi connectivity index (χ4n) is 6.70. The van der Waals surface area contributed by atoms with Crippen molar-refractivity contribution in [2.24, 2.45) is 29.6 Å². The molecule has 1 aromatic carbocycles. The molecule has 9 atom stereocenters. The first-order chi connectivity index (χ1) is 24.3. The minimum absolute atomic E-state index is 0.00802. The first-order valence-electron chi connectivity index (χ1n) is 16.8. The summed E-state index contributed by atoms with van der Waals surface area (Å²) < 4.78 is 10.4. The van der Waals surface area contributed by atoms with Gasteiger partial charge >= 0.3 is 5.97 Å². The number of hydrogen-bond acceptors (Lipinski definition) is 13. The van der Waals surface area contributed by atoms with Gasteiger partial charge in [-0.1, -0.05) is 52.0 Å². The van der Waals surface area contributed by atoms with Crippen LogP contribution in [0.4, 0.5) is 0 Å². The van der Waals surface area contributed by atoms with Crippen molar-refractivity contribution < 1.29 is 59.0 Å². The van der Waals surface area contributed by atoms with Gasteiger partial charge in [0.05, 0.1) is 60.2 Å². The molecule has 4 bridgehead atoms. The summed E-state index contributed by atoms with van der Waals surface area (Å²) in [5.41, 5.74) is -1.48. The summed E-state index contributed by atoms with van der Waals surface area (Å²) in [5.74, 6) is -10.1. The number of phenols is 1. The Bertz CT molecular complexity index is 1760. The molecule has 6 N–H and O–H groups in total. The van der Waals surface area contributed by atoms with E-state index in [1.54, 1.807) is 19.9 Å². The van der Waals surface area contributed by atoms with Crippen molar-refractivity contribution >= 4 is 41.0 Å². The number of aliphatic hydroxyl groups is 4. The Hall–Kier alpha value is -4.08. The zero-order valence-electron chi connectivity index (χ0n) is 31.0. The van der Waals surface area contributed by atoms with Gasteiger partial charge in [-0.25, -0.2) is 0 Å². The number of hydrogen-bond donors (Lipinski definition) is 6. The molecule has 13 nitrogen and oxygen atoms in total. The molecule has 2 heterocycles. The van der Waals surface area contributed by atoms with Crippen LogP contribution in [-0.2, 0) is 14.3 Å². The highest BCUT2D eigenvalue weighted by Gasteiger charge is 2.45. The first-order valence-corrected chi connectivity index (χ1v) is 18.0. The van der Waals surface area contributed by atoms with Crippen molar-refractivity contribution in [1.82, 2.24) is 5.32 Å². The largest absolute Gasteiger partial charge is 0.507 e. The normalized spacial score (nSPS) is 29.8. The Balaban J connectivity index is 2.34. The van der Waals surface area contributed by atoms with E-state index in [2.05, 4.69) is 5.32 Å². The topological polar surface area (TPSA) is 217 Å². The van der Waals surface area contributed by atoms with E-state index in [0.717, 1.165) is 18.9 Å². The molecule has 0 spiro atoms. The van der Waals surface area contributed by atoms with Crippen LogP contribution in [0.25, 0.3) is 0 Å². The van der Waals surface area contributed by atoms with Crippen LogP contribution in [0.3, 0.4) is 0 Å². The number of Topliss-reactive ketones (excluding diaryl/α,β-unsaturated/α-hetero) is 3. The van der Waals surface area contributed by atoms with Gasteiger partial charge in [0.2, 0.25) is 11.6 Å². The van der Waals surface area contributed by atoms with E-state index >= 15 is 0 Å². The summed E-state index contributed by atoms with van der Waals surface area (Å²) >= 11 is 0.868. The van der Waals surface area contributed by atoms with Crippen LogP contribution in [0.15, 0.2) is 46.1 Å². The predicted molar refractivity (Wildman–Crippen MR) is 194 cm³/mol. The standard InChI is InChI=1S/C38H49NO12S/c1-15-12-11-13-16(2)37(48)39-26-33(46)23-22(34(47)36(26)52-10)24(35(50-8)21(7)32(23)45)29(42)18(4)14-17(3)28(41)20(6)31(44)25(38(49)51-9)30(43)19(5)27(15)40/h11-15,17,19-20,25,27-28,30-31,40-41,43-45H,1-10H3,(H,39,48)/t15-,17+,19+,20+,25-,27+,28-,30+,31+/m1/s1. The Morgan fingerprint density at radius 3 is 1.85 bits per heavy atom. The average molecular weight is 744 g/mol. The molecule has 1 amide bonds. The summed E-state index contributed by atoms with van der Waals surface area (Å²) in [6.07, 6.45) is 1.41. The maximum absolute atomic E-state index is 14.2. The molecule has 14 heteroatoms. The third-order valence-electron chi connectivity index (χ3n) is 10.1. The number of esters is 1. The fourth-order valence-corrected chi connectivity index (χ4v) is 7.33. The van der Waals surface area contributed by atoms with Crippen molar-refractivity contribution in [1.29, 1.82) is 0 Å². The molecule has 0 saturated heterocycles. The lowest BCUT2D eigenvalue weighted by atomic mass is 9.76. The first kappa shape index (κ1) is 42.3. The van der Waals surface area contributed by atoms with Crippen LogP contribution in [0.2, 0.25) is 0 Å². The van der Waals surface area contributed by atoms with Crippen LogP contribution in [0, 0.1) is 36.5 Å². The minimum atomic E-state index is -1.67. The van der Waals surface area contributed by atoms with Crippen molar-refractivity contribution in [2.75, 3.05) is 20.5 Å². The number of phenolic OH excluding ortho intramolecular Hbond substituents is 1. The van der Waals surface area contributed by atoms with E-state index in [0.29, 0.717) is 0 Å². The Labute approximate surface area is 307 Å². The highest BCUT2D eigenvalue weighted by Crippen LogP contribution is 2.45. The number of benzene rings is 1. The maximum atomic E-state index is 14.2. The van der Waals surface area contributed by atoms with E-state index in [9.17, 15) is 49.5 Å². The molecule has 0 aromatic heterocycles. The van der Waals surface area contributed by atoms with E-state index < -0.39 is 100 Å². The van der Waals surface area contributed by atoms with Gasteiger partial charge in [0.15, 0.2) is 5.78 Å². The van der Waals surface area contributed by atoms with E-state index in [-0.39, 0.29) is 38.6 Å². The summed E-state index contributed by atoms with van der Waals surface area (Å²) in [6.45, 7) is 10.4. The van der Waals surface area contributed by atoms with Crippen LogP contribution in [0.1, 0.15) is 78.2 Å². The van der Waals surface area contributed by atoms with Crippen molar-refractivity contribution in [3.8, 4) is 11.5 Å². The summed E-state index contributed by atoms with van der Waals surface area (Å²) in [5, 5.41) is 59.0. The molecule has 0 fully saturated rings. The molecule has 4 rings (SSSR count). The number of carbonyl (C=O) groups is 5. The number of rotatable bonds is 3. The third-order valence-corrected chi connectivity index (χ3v) is 10.9. The summed E-state index contributed by atoms with van der Waals surface area (Å²) in [4.78, 5) is 68.5. The smallest absolute Gasteiger partial charge is 0.313 e. The van der Waals surface area contributed by atoms with Crippen molar-refractivity contribution in [2.45, 2.75) is 72.9 Å². The average Bonchev–Trinajstić information content (AvgIpc) is 3.11. The molecule has 3 aliphatic rings. The van der Waals surface area contributed by atoms with Gasteiger partial charge in [0.25, 0.3) is 5.91 Å². The van der Waals surface area contributed by atoms with Crippen molar-refractivity contribution in [3.05, 3.63) is 68.3 Å². The van der Waals surface area contributed by atoms with Gasteiger partial charge in [-0.05, 0) is 32.6 Å². The van der Waals surface area contributed by atoms with Gasteiger partial charge in [0.1, 0.15) is 23.1 Å². The molecule has 0 radical (unpaired) electrons. The molecule has 0 unspecified atom stereocenters. The van der Waals surface area contributed by atoms with Gasteiger partial charge in [-0.15, -0.1) is 11.8 Å². The maximum Gasteiger partial charge on any atom is 0.313 e. The zero-order valence-corrected chi connectivity index (χ0v) is 31.8. The molecule has 2 aliphatic heterocycles. The van der Waals surface area contributed by atoms with Crippen LogP contribution >= 0.6 is 11.8 Å². The number of methoxy groups -OCH3 is 2. The SMILES string of the molecule is COC(=O)[C@H]1[C@@H](O)[C@@H](C)[C@H](O)[C@@H](C)C=C(C)C(=O)c2c(OC)c(C)c(O)c3c2C(=O)C(SC)=C(NC(=O)C(C)=CC=C[C@@H](C)[C@H](O)[C@H](C)[C@@H]1O)C3=O. The lowest BCUT2D eigenvalue weighted by molar-refractivity contribution is -0.164. The lowest BCUT2D eigenvalue weighted by Crippen LogP contribution is -2.50. The second-order valence-electron chi connectivity index (χ2n) is 13.5. The van der Waals surface area contributed by atoms with Crippen LogP contribution < -0.4 is 10.1 Å². The lowest BCUT2D eigenvalue weighted by Gasteiger charge is -2.37. The number of amides is 1. The molecule has 284 valence electrons. The molecular weight excluding hydrogens is 694 g/mol. The summed E-state index contributed by atoms with van der Waals surface area (Å²) in [7, 11) is 2.32. The highest BCUT2D eigenvalue weighted by atomic mass is 32.2. The van der Waals surface area contributed by atoms with E-state index in [1.807, 2.05) is 0 Å². The summed E-state index contributed by atoms with van der Waals surface area (Å²) in [6, 6.07) is 0. The molecular formula is C38H49NO12S. The number of carbonyl (C=O) groups excluding carboxylic acids is 5. The second kappa shape index (κ2) is 17.2. The van der Waals surface area contributed by atoms with E-state index in [1.165, 1.54) is 66.2 Å². The minimum Gasteiger partial charge on any atom is -0.507 e. The van der Waals surface area contributed by atoms with Gasteiger partial charge in [0, 0.05) is 34.8 Å². The Kier molecular flexibility index (Phi) is 14.0. The number of ether oxygens (including phenoxy) is 2. The van der Waals surface area contributed by atoms with Crippen LogP contribution in [-0.4, -0.2) is 99.7 Å². The van der Waals surface area contributed by atoms with Gasteiger partial charge in [-0.2, -0.15) is 0 Å². The number of nitrogens with one attached hydrogen (secondary N) is 1. The number of aromatic hydroxyl groups is 1. The highest BCUT2D eigenvalue weighted by molar-refractivity contribution is 8.03. The monoisotopic (exact) mass is 743 g/mol. The Morgan fingerprint density at radius 1 is 0.769 bits per heavy atom. The number of allylic oxidation sites excluding steroid dienone is 5. The number of thioether (sulfide) groups is 1. The molecule has 0 saturated carbocycles.